The van der Waals surface area contributed by atoms with E-state index >= 15 is 0 Å². The summed E-state index contributed by atoms with van der Waals surface area (Å²) in [6.45, 7) is 11.2. The predicted octanol–water partition coefficient (Wildman–Crippen LogP) is 5.79. The number of ether oxygens (including phenoxy) is 2. The lowest BCUT2D eigenvalue weighted by molar-refractivity contribution is -0.143. The van der Waals surface area contributed by atoms with Gasteiger partial charge in [-0.25, -0.2) is 0 Å². The van der Waals surface area contributed by atoms with Crippen molar-refractivity contribution < 1.29 is 19.1 Å². The summed E-state index contributed by atoms with van der Waals surface area (Å²) in [6.07, 6.45) is 6.92. The number of carbonyl (C=O) groups is 2. The van der Waals surface area contributed by atoms with Crippen LogP contribution in [0.15, 0.2) is 29.6 Å². The lowest BCUT2D eigenvalue weighted by atomic mass is 9.97. The second-order valence-corrected chi connectivity index (χ2v) is 11.8. The fraction of sp³-hybridized carbons (Fsp3) is 0.625. The highest BCUT2D eigenvalue weighted by Crippen LogP contribution is 2.28. The van der Waals surface area contributed by atoms with Gasteiger partial charge in [0.15, 0.2) is 11.5 Å². The zero-order chi connectivity index (χ0) is 28.9. The number of rotatable bonds is 17. The van der Waals surface area contributed by atoms with Gasteiger partial charge in [-0.1, -0.05) is 32.8 Å². The highest BCUT2D eigenvalue weighted by Gasteiger charge is 2.27. The Morgan fingerprint density at radius 2 is 1.77 bits per heavy atom. The first-order valence-electron chi connectivity index (χ1n) is 14.9. The van der Waals surface area contributed by atoms with Gasteiger partial charge in [0.1, 0.15) is 0 Å². The number of likely N-dealkylation sites (tertiary alicyclic amines) is 1. The molecule has 0 N–H and O–H groups in total. The molecule has 2 aromatic rings. The van der Waals surface area contributed by atoms with Gasteiger partial charge in [0.05, 0.1) is 27.3 Å². The molecule has 222 valence electrons. The largest absolute Gasteiger partial charge is 0.493 e. The average molecular weight is 572 g/mol. The number of hydrogen-bond acceptors (Lipinski definition) is 6. The van der Waals surface area contributed by atoms with Crippen LogP contribution in [0.5, 0.6) is 11.5 Å². The van der Waals surface area contributed by atoms with Crippen molar-refractivity contribution in [3.8, 4) is 11.5 Å². The van der Waals surface area contributed by atoms with E-state index in [-0.39, 0.29) is 24.3 Å². The molecule has 1 aromatic carbocycles. The first-order valence-corrected chi connectivity index (χ1v) is 15.8. The molecule has 7 nitrogen and oxygen atoms in total. The SMILES string of the molecule is CCCCC(CC)C(=O)N(CCN1CCCC1)CC(=O)N(CCc1ccc(OC)c(OC)c1)Cc1sccc1C. The molecule has 1 aromatic heterocycles. The van der Waals surface area contributed by atoms with E-state index < -0.39 is 0 Å². The number of methoxy groups -OCH3 is 2. The van der Waals surface area contributed by atoms with Crippen LogP contribution >= 0.6 is 11.3 Å². The molecule has 1 unspecified atom stereocenters. The molecule has 1 fully saturated rings. The molecule has 0 aliphatic carbocycles. The molecule has 0 radical (unpaired) electrons. The molecular formula is C32H49N3O4S. The minimum absolute atomic E-state index is 0.00777. The van der Waals surface area contributed by atoms with Gasteiger partial charge >= 0.3 is 0 Å². The molecule has 1 aliphatic heterocycles. The molecule has 0 spiro atoms. The number of carbonyl (C=O) groups excluding carboxylic acids is 2. The second-order valence-electron chi connectivity index (χ2n) is 10.8. The standard InChI is InChI=1S/C32H49N3O4S/c1-6-8-11-27(7-2)32(37)35(20-19-33-16-9-10-17-33)24-31(36)34(23-30-25(3)15-21-40-30)18-14-26-12-13-28(38-4)29(22-26)39-5/h12-13,15,21-22,27H,6-11,14,16-20,23-24H2,1-5H3. The van der Waals surface area contributed by atoms with Crippen molar-refractivity contribution >= 4 is 23.2 Å². The summed E-state index contributed by atoms with van der Waals surface area (Å²) < 4.78 is 10.9. The summed E-state index contributed by atoms with van der Waals surface area (Å²) >= 11 is 1.68. The Balaban J connectivity index is 1.77. The number of amides is 2. The molecule has 0 saturated carbocycles. The van der Waals surface area contributed by atoms with E-state index in [2.05, 4.69) is 37.1 Å². The van der Waals surface area contributed by atoms with Crippen LogP contribution in [-0.2, 0) is 22.6 Å². The van der Waals surface area contributed by atoms with E-state index in [1.807, 2.05) is 28.0 Å². The summed E-state index contributed by atoms with van der Waals surface area (Å²) in [5, 5.41) is 2.08. The van der Waals surface area contributed by atoms with E-state index in [1.165, 1.54) is 23.3 Å². The zero-order valence-electron chi connectivity index (χ0n) is 25.2. The molecule has 40 heavy (non-hydrogen) atoms. The van der Waals surface area contributed by atoms with E-state index in [1.54, 1.807) is 25.6 Å². The van der Waals surface area contributed by atoms with Crippen molar-refractivity contribution in [2.24, 2.45) is 5.92 Å². The normalized spacial score (nSPS) is 14.2. The quantitative estimate of drug-likeness (QED) is 0.241. The van der Waals surface area contributed by atoms with Crippen LogP contribution in [-0.4, -0.2) is 80.0 Å². The van der Waals surface area contributed by atoms with Crippen molar-refractivity contribution in [1.29, 1.82) is 0 Å². The summed E-state index contributed by atoms with van der Waals surface area (Å²) in [5.74, 6) is 1.49. The highest BCUT2D eigenvalue weighted by atomic mass is 32.1. The number of thiophene rings is 1. The fourth-order valence-electron chi connectivity index (χ4n) is 5.34. The third-order valence-corrected chi connectivity index (χ3v) is 9.05. The maximum absolute atomic E-state index is 13.9. The van der Waals surface area contributed by atoms with Crippen molar-refractivity contribution in [3.63, 3.8) is 0 Å². The van der Waals surface area contributed by atoms with Gasteiger partial charge in [-0.3, -0.25) is 9.59 Å². The van der Waals surface area contributed by atoms with Crippen molar-refractivity contribution in [2.45, 2.75) is 72.3 Å². The third-order valence-electron chi connectivity index (χ3n) is 8.04. The monoisotopic (exact) mass is 571 g/mol. The number of unbranched alkanes of at least 4 members (excludes halogenated alkanes) is 1. The maximum Gasteiger partial charge on any atom is 0.242 e. The van der Waals surface area contributed by atoms with Crippen LogP contribution in [0.2, 0.25) is 0 Å². The highest BCUT2D eigenvalue weighted by molar-refractivity contribution is 7.10. The first-order chi connectivity index (χ1) is 19.4. The molecule has 2 amide bonds. The lowest BCUT2D eigenvalue weighted by Crippen LogP contribution is -2.47. The molecule has 0 bridgehead atoms. The minimum atomic E-state index is -0.0221. The topological polar surface area (TPSA) is 62.3 Å². The fourth-order valence-corrected chi connectivity index (χ4v) is 6.26. The molecule has 1 atom stereocenters. The zero-order valence-corrected chi connectivity index (χ0v) is 26.1. The molecule has 8 heteroatoms. The Morgan fingerprint density at radius 1 is 1.02 bits per heavy atom. The van der Waals surface area contributed by atoms with Crippen LogP contribution in [0.4, 0.5) is 0 Å². The molecule has 1 aliphatic rings. The molecule has 1 saturated heterocycles. The second kappa shape index (κ2) is 16.6. The Bertz CT molecular complexity index is 1070. The van der Waals surface area contributed by atoms with Crippen LogP contribution < -0.4 is 9.47 Å². The third kappa shape index (κ3) is 9.23. The molecule has 2 heterocycles. The van der Waals surface area contributed by atoms with Gasteiger partial charge < -0.3 is 24.2 Å². The van der Waals surface area contributed by atoms with Crippen molar-refractivity contribution in [3.05, 3.63) is 45.6 Å². The van der Waals surface area contributed by atoms with Gasteiger partial charge in [-0.2, -0.15) is 0 Å². The summed E-state index contributed by atoms with van der Waals surface area (Å²) in [7, 11) is 3.26. The average Bonchev–Trinajstić information content (AvgIpc) is 3.64. The Kier molecular flexibility index (Phi) is 13.3. The Hall–Kier alpha value is -2.58. The van der Waals surface area contributed by atoms with E-state index in [0.717, 1.165) is 50.9 Å². The minimum Gasteiger partial charge on any atom is -0.493 e. The van der Waals surface area contributed by atoms with Gasteiger partial charge in [0, 0.05) is 30.4 Å². The molecule has 3 rings (SSSR count). The Morgan fingerprint density at radius 3 is 2.40 bits per heavy atom. The van der Waals surface area contributed by atoms with E-state index in [0.29, 0.717) is 37.6 Å². The maximum atomic E-state index is 13.9. The van der Waals surface area contributed by atoms with E-state index in [4.69, 9.17) is 9.47 Å². The van der Waals surface area contributed by atoms with Crippen LogP contribution in [0.1, 0.15) is 68.4 Å². The smallest absolute Gasteiger partial charge is 0.242 e. The van der Waals surface area contributed by atoms with Crippen LogP contribution in [0, 0.1) is 12.8 Å². The predicted molar refractivity (Wildman–Crippen MR) is 163 cm³/mol. The Labute approximate surface area is 245 Å². The number of hydrogen-bond donors (Lipinski definition) is 0. The number of benzene rings is 1. The number of nitrogens with zero attached hydrogens (tertiary/aromatic N) is 3. The van der Waals surface area contributed by atoms with Crippen molar-refractivity contribution in [1.82, 2.24) is 14.7 Å². The summed E-state index contributed by atoms with van der Waals surface area (Å²) in [6, 6.07) is 8.00. The summed E-state index contributed by atoms with van der Waals surface area (Å²) in [4.78, 5) is 35.1. The number of aryl methyl sites for hydroxylation is 1. The van der Waals surface area contributed by atoms with Gasteiger partial charge in [-0.05, 0) is 86.8 Å². The lowest BCUT2D eigenvalue weighted by Gasteiger charge is -2.31. The van der Waals surface area contributed by atoms with Crippen molar-refractivity contribution in [2.75, 3.05) is 53.5 Å². The van der Waals surface area contributed by atoms with Crippen LogP contribution in [0.25, 0.3) is 0 Å². The first kappa shape index (κ1) is 31.9. The van der Waals surface area contributed by atoms with E-state index in [9.17, 15) is 9.59 Å². The molecular weight excluding hydrogens is 522 g/mol. The van der Waals surface area contributed by atoms with Gasteiger partial charge in [0.25, 0.3) is 0 Å². The van der Waals surface area contributed by atoms with Gasteiger partial charge in [-0.15, -0.1) is 11.3 Å². The summed E-state index contributed by atoms with van der Waals surface area (Å²) in [5.41, 5.74) is 2.27. The van der Waals surface area contributed by atoms with Gasteiger partial charge in [0.2, 0.25) is 11.8 Å². The van der Waals surface area contributed by atoms with Crippen LogP contribution in [0.3, 0.4) is 0 Å².